The molecule has 0 saturated heterocycles. The van der Waals surface area contributed by atoms with Gasteiger partial charge in [0.2, 0.25) is 0 Å². The molecule has 0 heterocycles. The van der Waals surface area contributed by atoms with Crippen molar-refractivity contribution in [3.05, 3.63) is 65.9 Å². The Morgan fingerprint density at radius 2 is 1.52 bits per heavy atom. The van der Waals surface area contributed by atoms with Gasteiger partial charge in [0.25, 0.3) is 0 Å². The molecule has 0 aromatic heterocycles. The molecule has 0 bridgehead atoms. The summed E-state index contributed by atoms with van der Waals surface area (Å²) < 4.78 is 2.74. The van der Waals surface area contributed by atoms with E-state index in [1.165, 1.54) is 12.9 Å². The first-order chi connectivity index (χ1) is 10.1. The second-order valence-corrected chi connectivity index (χ2v) is 11.7. The summed E-state index contributed by atoms with van der Waals surface area (Å²) in [5.41, 5.74) is 2.39. The van der Waals surface area contributed by atoms with Crippen LogP contribution in [0.15, 0.2) is 54.8 Å². The molecule has 21 heavy (non-hydrogen) atoms. The summed E-state index contributed by atoms with van der Waals surface area (Å²) in [6.45, 7) is 0. The van der Waals surface area contributed by atoms with Crippen LogP contribution < -0.4 is 12.5 Å². The Kier molecular flexibility index (Phi) is 6.45. The summed E-state index contributed by atoms with van der Waals surface area (Å²) in [7, 11) is 0. The summed E-state index contributed by atoms with van der Waals surface area (Å²) >= 11 is 0.976. The van der Waals surface area contributed by atoms with Crippen LogP contribution in [0.2, 0.25) is 0 Å². The molecule has 104 valence electrons. The topological polar surface area (TPSA) is 52.3 Å². The van der Waals surface area contributed by atoms with Gasteiger partial charge in [0, 0.05) is 0 Å². The van der Waals surface area contributed by atoms with Crippen LogP contribution in [0.3, 0.4) is 0 Å². The van der Waals surface area contributed by atoms with Crippen molar-refractivity contribution in [1.82, 2.24) is 0 Å². The van der Waals surface area contributed by atoms with Gasteiger partial charge in [-0.3, -0.25) is 0 Å². The fourth-order valence-electron chi connectivity index (χ4n) is 2.08. The molecule has 0 atom stereocenters. The molecule has 0 radical (unpaired) electrons. The number of hydrogen-bond acceptors (Lipinski definition) is 3. The Balaban J connectivity index is 2.22. The van der Waals surface area contributed by atoms with Gasteiger partial charge in [-0.1, -0.05) is 0 Å². The SMILES string of the molecule is NO/C=C(/C(=O)Cc1cc[c]([InH2])cc1)c1cc[c]([InH2])cc1. The zero-order valence-corrected chi connectivity index (χ0v) is 23.7. The summed E-state index contributed by atoms with van der Waals surface area (Å²) in [5.74, 6) is 5.15. The van der Waals surface area contributed by atoms with E-state index in [0.29, 0.717) is 60.7 Å². The minimum atomic E-state index is 0.0141. The molecule has 0 aliphatic carbocycles. The monoisotopic (exact) mass is 485 g/mol. The number of Topliss-reactive ketones (excluding diaryl/α,β-unsaturated/α-hetero) is 1. The van der Waals surface area contributed by atoms with E-state index in [2.05, 4.69) is 29.1 Å². The van der Waals surface area contributed by atoms with E-state index in [-0.39, 0.29) is 5.78 Å². The second-order valence-electron chi connectivity index (χ2n) is 5.12. The third-order valence-electron chi connectivity index (χ3n) is 3.33. The fraction of sp³-hybridized carbons (Fsp3) is 0.0625. The predicted octanol–water partition coefficient (Wildman–Crippen LogP) is -0.754. The molecule has 3 nitrogen and oxygen atoms in total. The zero-order chi connectivity index (χ0) is 15.2. The molecule has 2 rings (SSSR count). The van der Waals surface area contributed by atoms with E-state index >= 15 is 0 Å². The number of ketones is 1. The van der Waals surface area contributed by atoms with Gasteiger partial charge < -0.3 is 0 Å². The van der Waals surface area contributed by atoms with Gasteiger partial charge >= 0.3 is 155 Å². The zero-order valence-electron chi connectivity index (χ0n) is 12.3. The van der Waals surface area contributed by atoms with Crippen molar-refractivity contribution < 1.29 is 9.63 Å². The van der Waals surface area contributed by atoms with E-state index in [0.717, 1.165) is 11.1 Å². The first kappa shape index (κ1) is 16.7. The van der Waals surface area contributed by atoms with Crippen molar-refractivity contribution >= 4 is 66.7 Å². The molecule has 0 spiro atoms. The molecule has 0 saturated carbocycles. The third-order valence-corrected chi connectivity index (χ3v) is 7.14. The maximum atomic E-state index is 12.5. The van der Waals surface area contributed by atoms with Crippen LogP contribution in [-0.2, 0) is 16.1 Å². The fourth-order valence-corrected chi connectivity index (χ4v) is 3.99. The number of nitrogens with two attached hydrogens (primary N) is 1. The average molecular weight is 485 g/mol. The Morgan fingerprint density at radius 3 is 2.05 bits per heavy atom. The molecular formula is C16H17In2NO2. The quantitative estimate of drug-likeness (QED) is 0.345. The third kappa shape index (κ3) is 4.94. The molecule has 0 aliphatic rings. The maximum absolute atomic E-state index is 12.5. The number of hydrogen-bond donors (Lipinski definition) is 1. The molecule has 0 unspecified atom stereocenters. The summed E-state index contributed by atoms with van der Waals surface area (Å²) in [5, 5.41) is 0. The average Bonchev–Trinajstić information content (AvgIpc) is 2.48. The van der Waals surface area contributed by atoms with Crippen LogP contribution in [0.1, 0.15) is 11.1 Å². The van der Waals surface area contributed by atoms with Crippen LogP contribution in [0.25, 0.3) is 5.57 Å². The normalized spacial score (nSPS) is 11.2. The van der Waals surface area contributed by atoms with Gasteiger partial charge in [0.1, 0.15) is 0 Å². The van der Waals surface area contributed by atoms with Gasteiger partial charge in [-0.05, 0) is 0 Å². The van der Waals surface area contributed by atoms with Crippen LogP contribution in [0.5, 0.6) is 0 Å². The van der Waals surface area contributed by atoms with E-state index in [1.807, 2.05) is 24.3 Å². The van der Waals surface area contributed by atoms with Gasteiger partial charge in [0.05, 0.1) is 0 Å². The van der Waals surface area contributed by atoms with Crippen molar-refractivity contribution in [2.75, 3.05) is 0 Å². The predicted molar refractivity (Wildman–Crippen MR) is 91.2 cm³/mol. The molecule has 5 heteroatoms. The van der Waals surface area contributed by atoms with Gasteiger partial charge in [-0.15, -0.1) is 0 Å². The van der Waals surface area contributed by atoms with E-state index < -0.39 is 0 Å². The Hall–Kier alpha value is -0.650. The Bertz CT molecular complexity index is 649. The first-order valence-electron chi connectivity index (χ1n) is 6.81. The molecule has 2 aromatic rings. The van der Waals surface area contributed by atoms with E-state index in [1.54, 1.807) is 0 Å². The second kappa shape index (κ2) is 8.11. The Labute approximate surface area is 153 Å². The summed E-state index contributed by atoms with van der Waals surface area (Å²) in [4.78, 5) is 17.1. The Morgan fingerprint density at radius 1 is 1.00 bits per heavy atom. The van der Waals surface area contributed by atoms with Crippen LogP contribution in [0.4, 0.5) is 0 Å². The molecule has 2 N–H and O–H groups in total. The van der Waals surface area contributed by atoms with Crippen molar-refractivity contribution in [3.63, 3.8) is 0 Å². The van der Waals surface area contributed by atoms with E-state index in [9.17, 15) is 4.79 Å². The van der Waals surface area contributed by atoms with Gasteiger partial charge in [0.15, 0.2) is 0 Å². The van der Waals surface area contributed by atoms with Crippen molar-refractivity contribution in [3.8, 4) is 0 Å². The van der Waals surface area contributed by atoms with Crippen LogP contribution >= 0.6 is 0 Å². The summed E-state index contributed by atoms with van der Waals surface area (Å²) in [6.07, 6.45) is 1.69. The first-order valence-corrected chi connectivity index (χ1v) is 12.5. The minimum absolute atomic E-state index is 0.0141. The molecule has 2 aromatic carbocycles. The van der Waals surface area contributed by atoms with Gasteiger partial charge in [-0.25, -0.2) is 0 Å². The van der Waals surface area contributed by atoms with Crippen molar-refractivity contribution in [2.45, 2.75) is 6.42 Å². The standard InChI is InChI=1S/C16H13NO2.2In.4H/c17-19-12-15(14-9-5-2-6-10-14)16(18)11-13-7-3-1-4-8-13;;;;;;/h3-10,12H,11,17H2;;;;;;/b15-12+;;;;;;. The number of benzene rings is 2. The molecule has 0 aliphatic heterocycles. The number of allylic oxidation sites excluding steroid dienone is 1. The van der Waals surface area contributed by atoms with Crippen LogP contribution in [0, 0.1) is 0 Å². The molecule has 0 amide bonds. The van der Waals surface area contributed by atoms with Crippen LogP contribution in [-0.4, -0.2) is 54.5 Å². The van der Waals surface area contributed by atoms with E-state index in [4.69, 9.17) is 5.90 Å². The molecular weight excluding hydrogens is 468 g/mol. The molecule has 0 fully saturated rings. The van der Waals surface area contributed by atoms with Crippen molar-refractivity contribution in [2.24, 2.45) is 5.90 Å². The summed E-state index contributed by atoms with van der Waals surface area (Å²) in [6, 6.07) is 16.3. The van der Waals surface area contributed by atoms with Gasteiger partial charge in [-0.2, -0.15) is 0 Å². The number of carbonyl (C=O) groups excluding carboxylic acids is 1. The number of carbonyl (C=O) groups is 1. The number of rotatable bonds is 5. The van der Waals surface area contributed by atoms with Crippen molar-refractivity contribution in [1.29, 1.82) is 0 Å².